The molecule has 0 amide bonds. The minimum Gasteiger partial charge on any atom is -0.505 e. The molecule has 0 aliphatic heterocycles. The van der Waals surface area contributed by atoms with Crippen LogP contribution in [0.5, 0.6) is 5.75 Å². The molecule has 0 aromatic heterocycles. The van der Waals surface area contributed by atoms with E-state index >= 15 is 0 Å². The summed E-state index contributed by atoms with van der Waals surface area (Å²) in [4.78, 5) is 10.5. The molecule has 0 aliphatic carbocycles. The number of rotatable bonds is 4. The van der Waals surface area contributed by atoms with Crippen molar-refractivity contribution in [2.24, 2.45) is 0 Å². The van der Waals surface area contributed by atoms with Gasteiger partial charge in [0, 0.05) is 12.1 Å². The Bertz CT molecular complexity index is 368. The van der Waals surface area contributed by atoms with Crippen molar-refractivity contribution in [3.8, 4) is 5.75 Å². The molecule has 0 saturated carbocycles. The van der Waals surface area contributed by atoms with Gasteiger partial charge in [-0.2, -0.15) is 0 Å². The highest BCUT2D eigenvalue weighted by Gasteiger charge is 2.11. The lowest BCUT2D eigenvalue weighted by atomic mass is 10.2. The SMILES string of the molecule is CC(NCc1cccc(F)c1O)C(=O)O. The Hall–Kier alpha value is -1.62. The number of aliphatic carboxylic acids is 1. The number of carbonyl (C=O) groups is 1. The molecular weight excluding hydrogens is 201 g/mol. The predicted molar refractivity (Wildman–Crippen MR) is 52.0 cm³/mol. The maximum Gasteiger partial charge on any atom is 0.320 e. The summed E-state index contributed by atoms with van der Waals surface area (Å²) >= 11 is 0. The van der Waals surface area contributed by atoms with Crippen molar-refractivity contribution in [3.63, 3.8) is 0 Å². The van der Waals surface area contributed by atoms with Crippen LogP contribution in [0.1, 0.15) is 12.5 Å². The Balaban J connectivity index is 2.66. The van der Waals surface area contributed by atoms with Crippen molar-refractivity contribution in [2.45, 2.75) is 19.5 Å². The summed E-state index contributed by atoms with van der Waals surface area (Å²) in [5.74, 6) is -2.15. The maximum absolute atomic E-state index is 12.9. The third kappa shape index (κ3) is 2.92. The van der Waals surface area contributed by atoms with E-state index in [0.29, 0.717) is 5.56 Å². The van der Waals surface area contributed by atoms with E-state index in [1.807, 2.05) is 0 Å². The Kier molecular flexibility index (Phi) is 3.62. The lowest BCUT2D eigenvalue weighted by Gasteiger charge is -2.10. The van der Waals surface area contributed by atoms with Gasteiger partial charge in [0.05, 0.1) is 0 Å². The first-order valence-electron chi connectivity index (χ1n) is 4.45. The van der Waals surface area contributed by atoms with Crippen LogP contribution >= 0.6 is 0 Å². The van der Waals surface area contributed by atoms with Crippen LogP contribution in [0.15, 0.2) is 18.2 Å². The molecule has 1 rings (SSSR count). The first-order valence-corrected chi connectivity index (χ1v) is 4.45. The summed E-state index contributed by atoms with van der Waals surface area (Å²) in [6.45, 7) is 1.58. The molecule has 82 valence electrons. The van der Waals surface area contributed by atoms with E-state index in [4.69, 9.17) is 5.11 Å². The van der Waals surface area contributed by atoms with E-state index in [0.717, 1.165) is 6.07 Å². The van der Waals surface area contributed by atoms with Gasteiger partial charge in [0.25, 0.3) is 0 Å². The van der Waals surface area contributed by atoms with E-state index in [-0.39, 0.29) is 6.54 Å². The van der Waals surface area contributed by atoms with Gasteiger partial charge in [-0.1, -0.05) is 12.1 Å². The van der Waals surface area contributed by atoms with Crippen LogP contribution in [0, 0.1) is 5.82 Å². The van der Waals surface area contributed by atoms with Crippen molar-refractivity contribution in [1.82, 2.24) is 5.32 Å². The second-order valence-electron chi connectivity index (χ2n) is 3.19. The predicted octanol–water partition coefficient (Wildman–Crippen LogP) is 1.09. The van der Waals surface area contributed by atoms with E-state index in [2.05, 4.69) is 5.32 Å². The zero-order valence-corrected chi connectivity index (χ0v) is 8.20. The van der Waals surface area contributed by atoms with Crippen molar-refractivity contribution < 1.29 is 19.4 Å². The van der Waals surface area contributed by atoms with Gasteiger partial charge >= 0.3 is 5.97 Å². The number of para-hydroxylation sites is 1. The fraction of sp³-hybridized carbons (Fsp3) is 0.300. The van der Waals surface area contributed by atoms with Crippen LogP contribution < -0.4 is 5.32 Å². The van der Waals surface area contributed by atoms with Crippen molar-refractivity contribution >= 4 is 5.97 Å². The van der Waals surface area contributed by atoms with Gasteiger partial charge in [0.2, 0.25) is 0 Å². The summed E-state index contributed by atoms with van der Waals surface area (Å²) in [7, 11) is 0. The van der Waals surface area contributed by atoms with E-state index < -0.39 is 23.6 Å². The van der Waals surface area contributed by atoms with Gasteiger partial charge in [-0.05, 0) is 13.0 Å². The number of hydrogen-bond acceptors (Lipinski definition) is 3. The smallest absolute Gasteiger partial charge is 0.320 e. The molecule has 3 N–H and O–H groups in total. The number of halogens is 1. The number of phenolic OH excluding ortho intramolecular Hbond substituents is 1. The molecule has 1 atom stereocenters. The van der Waals surface area contributed by atoms with Gasteiger partial charge in [-0.25, -0.2) is 4.39 Å². The average molecular weight is 213 g/mol. The molecule has 0 heterocycles. The molecule has 5 heteroatoms. The van der Waals surface area contributed by atoms with Crippen molar-refractivity contribution in [1.29, 1.82) is 0 Å². The summed E-state index contributed by atoms with van der Waals surface area (Å²) in [5, 5.41) is 20.5. The molecule has 0 fully saturated rings. The number of benzene rings is 1. The fourth-order valence-electron chi connectivity index (χ4n) is 1.05. The molecule has 1 aromatic carbocycles. The van der Waals surface area contributed by atoms with Crippen LogP contribution in [0.25, 0.3) is 0 Å². The lowest BCUT2D eigenvalue weighted by Crippen LogP contribution is -2.33. The first-order chi connectivity index (χ1) is 7.02. The molecule has 0 saturated heterocycles. The fourth-order valence-corrected chi connectivity index (χ4v) is 1.05. The zero-order chi connectivity index (χ0) is 11.4. The maximum atomic E-state index is 12.9. The molecule has 1 unspecified atom stereocenters. The Labute approximate surface area is 86.4 Å². The highest BCUT2D eigenvalue weighted by Crippen LogP contribution is 2.20. The third-order valence-electron chi connectivity index (χ3n) is 2.04. The van der Waals surface area contributed by atoms with Crippen molar-refractivity contribution in [2.75, 3.05) is 0 Å². The third-order valence-corrected chi connectivity index (χ3v) is 2.04. The number of hydrogen-bond donors (Lipinski definition) is 3. The van der Waals surface area contributed by atoms with Crippen LogP contribution in [0.4, 0.5) is 4.39 Å². The molecule has 0 aliphatic rings. The van der Waals surface area contributed by atoms with E-state index in [1.165, 1.54) is 19.1 Å². The van der Waals surface area contributed by atoms with Gasteiger partial charge in [-0.15, -0.1) is 0 Å². The number of carboxylic acids is 1. The van der Waals surface area contributed by atoms with E-state index in [1.54, 1.807) is 0 Å². The summed E-state index contributed by atoms with van der Waals surface area (Å²) in [6, 6.07) is 3.38. The molecule has 0 radical (unpaired) electrons. The number of nitrogens with one attached hydrogen (secondary N) is 1. The largest absolute Gasteiger partial charge is 0.505 e. The average Bonchev–Trinajstić information content (AvgIpc) is 2.19. The summed E-state index contributed by atoms with van der Waals surface area (Å²) in [6.07, 6.45) is 0. The normalized spacial score (nSPS) is 12.4. The van der Waals surface area contributed by atoms with Gasteiger partial charge in [-0.3, -0.25) is 4.79 Å². The monoisotopic (exact) mass is 213 g/mol. The lowest BCUT2D eigenvalue weighted by molar-refractivity contribution is -0.139. The molecule has 0 bridgehead atoms. The minimum absolute atomic E-state index is 0.108. The quantitative estimate of drug-likeness (QED) is 0.700. The molecule has 15 heavy (non-hydrogen) atoms. The molecule has 4 nitrogen and oxygen atoms in total. The van der Waals surface area contributed by atoms with Gasteiger partial charge in [0.15, 0.2) is 11.6 Å². The highest BCUT2D eigenvalue weighted by molar-refractivity contribution is 5.72. The first kappa shape index (κ1) is 11.5. The van der Waals surface area contributed by atoms with Crippen LogP contribution in [-0.4, -0.2) is 22.2 Å². The summed E-state index contributed by atoms with van der Waals surface area (Å²) < 4.78 is 12.9. The Morgan fingerprint density at radius 1 is 1.60 bits per heavy atom. The number of aromatic hydroxyl groups is 1. The van der Waals surface area contributed by atoms with E-state index in [9.17, 15) is 14.3 Å². The molecule has 0 spiro atoms. The number of carboxylic acid groups (broad SMARTS) is 1. The minimum atomic E-state index is -0.995. The standard InChI is InChI=1S/C10H12FNO3/c1-6(10(14)15)12-5-7-3-2-4-8(11)9(7)13/h2-4,6,12-13H,5H2,1H3,(H,14,15). The van der Waals surface area contributed by atoms with Crippen LogP contribution in [0.2, 0.25) is 0 Å². The van der Waals surface area contributed by atoms with Crippen molar-refractivity contribution in [3.05, 3.63) is 29.6 Å². The van der Waals surface area contributed by atoms with Crippen LogP contribution in [0.3, 0.4) is 0 Å². The summed E-state index contributed by atoms with van der Waals surface area (Å²) in [5.41, 5.74) is 0.336. The van der Waals surface area contributed by atoms with Gasteiger partial charge in [0.1, 0.15) is 6.04 Å². The zero-order valence-electron chi connectivity index (χ0n) is 8.20. The second-order valence-corrected chi connectivity index (χ2v) is 3.19. The molecule has 1 aromatic rings. The molecular formula is C10H12FNO3. The Morgan fingerprint density at radius 2 is 2.27 bits per heavy atom. The second kappa shape index (κ2) is 4.75. The van der Waals surface area contributed by atoms with Gasteiger partial charge < -0.3 is 15.5 Å². The number of phenols is 1. The Morgan fingerprint density at radius 3 is 2.87 bits per heavy atom. The topological polar surface area (TPSA) is 69.6 Å². The van der Waals surface area contributed by atoms with Crippen LogP contribution in [-0.2, 0) is 11.3 Å². The highest BCUT2D eigenvalue weighted by atomic mass is 19.1.